The zero-order valence-corrected chi connectivity index (χ0v) is 18.9. The lowest BCUT2D eigenvalue weighted by Gasteiger charge is -2.43. The third-order valence-electron chi connectivity index (χ3n) is 8.52. The molecule has 10 unspecified atom stereocenters. The van der Waals surface area contributed by atoms with Gasteiger partial charge in [0.05, 0.1) is 24.0 Å². The fourth-order valence-electron chi connectivity index (χ4n) is 6.57. The van der Waals surface area contributed by atoms with E-state index in [1.54, 1.807) is 0 Å². The van der Waals surface area contributed by atoms with E-state index in [2.05, 4.69) is 35.8 Å². The average molecular weight is 437 g/mol. The maximum Gasteiger partial charge on any atom is 0.117 e. The van der Waals surface area contributed by atoms with Gasteiger partial charge in [0.2, 0.25) is 0 Å². The van der Waals surface area contributed by atoms with Gasteiger partial charge in [0.15, 0.2) is 0 Å². The fourth-order valence-corrected chi connectivity index (χ4v) is 6.57. The van der Waals surface area contributed by atoms with Crippen LogP contribution >= 0.6 is 0 Å². The Kier molecular flexibility index (Phi) is 7.75. The van der Waals surface area contributed by atoms with Gasteiger partial charge in [-0.15, -0.1) is 0 Å². The standard InChI is InChI=1S/C28H34F2N2/c29-27-15-19(7-11-23(27)17-31)5-9-21-13-14-22(26-4-2-1-3-25(21)26)10-6-20-8-12-24(18-32)28(30)16-20/h19-28H,1-4,7-8,11-16H2. The molecule has 0 aromatic carbocycles. The van der Waals surface area contributed by atoms with Crippen molar-refractivity contribution in [3.05, 3.63) is 0 Å². The molecule has 170 valence electrons. The summed E-state index contributed by atoms with van der Waals surface area (Å²) in [7, 11) is 0. The van der Waals surface area contributed by atoms with Crippen molar-refractivity contribution in [1.29, 1.82) is 10.5 Å². The van der Waals surface area contributed by atoms with E-state index in [9.17, 15) is 8.78 Å². The zero-order chi connectivity index (χ0) is 22.5. The maximum absolute atomic E-state index is 14.1. The van der Waals surface area contributed by atoms with Crippen molar-refractivity contribution in [1.82, 2.24) is 0 Å². The minimum atomic E-state index is -1.03. The number of alkyl halides is 2. The Hall–Kier alpha value is -2.04. The van der Waals surface area contributed by atoms with Crippen molar-refractivity contribution in [3.8, 4) is 35.8 Å². The molecule has 4 rings (SSSR count). The summed E-state index contributed by atoms with van der Waals surface area (Å²) in [4.78, 5) is 0. The molecule has 2 nitrogen and oxygen atoms in total. The first-order chi connectivity index (χ1) is 15.6. The average Bonchev–Trinajstić information content (AvgIpc) is 2.82. The largest absolute Gasteiger partial charge is 0.246 e. The Bertz CT molecular complexity index is 790. The highest BCUT2D eigenvalue weighted by Crippen LogP contribution is 2.47. The van der Waals surface area contributed by atoms with Crippen molar-refractivity contribution < 1.29 is 8.78 Å². The highest BCUT2D eigenvalue weighted by molar-refractivity contribution is 5.17. The smallest absolute Gasteiger partial charge is 0.117 e. The molecule has 0 N–H and O–H groups in total. The molecule has 0 aliphatic heterocycles. The summed E-state index contributed by atoms with van der Waals surface area (Å²) in [5, 5.41) is 18.1. The molecule has 4 heteroatoms. The number of hydrogen-bond donors (Lipinski definition) is 0. The van der Waals surface area contributed by atoms with Crippen LogP contribution in [0.3, 0.4) is 0 Å². The van der Waals surface area contributed by atoms with Gasteiger partial charge in [-0.3, -0.25) is 0 Å². The number of hydrogen-bond acceptors (Lipinski definition) is 2. The van der Waals surface area contributed by atoms with Crippen LogP contribution in [-0.4, -0.2) is 12.3 Å². The van der Waals surface area contributed by atoms with Gasteiger partial charge in [-0.1, -0.05) is 36.5 Å². The normalized spacial score (nSPS) is 43.8. The topological polar surface area (TPSA) is 47.6 Å². The molecule has 4 aliphatic rings. The van der Waals surface area contributed by atoms with Crippen LogP contribution in [0.2, 0.25) is 0 Å². The molecular formula is C28H34F2N2. The molecule has 10 atom stereocenters. The molecular weight excluding hydrogens is 402 g/mol. The quantitative estimate of drug-likeness (QED) is 0.414. The van der Waals surface area contributed by atoms with E-state index in [0.29, 0.717) is 49.4 Å². The Morgan fingerprint density at radius 1 is 0.500 bits per heavy atom. The Balaban J connectivity index is 1.38. The lowest BCUT2D eigenvalue weighted by Crippen LogP contribution is -2.36. The van der Waals surface area contributed by atoms with Gasteiger partial charge in [0.1, 0.15) is 12.3 Å². The second-order valence-electron chi connectivity index (χ2n) is 10.5. The van der Waals surface area contributed by atoms with Crippen LogP contribution in [0.5, 0.6) is 0 Å². The molecule has 0 heterocycles. The summed E-state index contributed by atoms with van der Waals surface area (Å²) in [5.41, 5.74) is 0. The van der Waals surface area contributed by atoms with Crippen LogP contribution in [0.1, 0.15) is 77.0 Å². The summed E-state index contributed by atoms with van der Waals surface area (Å²) in [6.45, 7) is 0. The van der Waals surface area contributed by atoms with Crippen molar-refractivity contribution in [2.45, 2.75) is 89.4 Å². The van der Waals surface area contributed by atoms with E-state index in [4.69, 9.17) is 10.5 Å². The molecule has 4 aliphatic carbocycles. The number of rotatable bonds is 0. The third-order valence-corrected chi connectivity index (χ3v) is 8.52. The zero-order valence-electron chi connectivity index (χ0n) is 18.9. The monoisotopic (exact) mass is 436 g/mol. The van der Waals surface area contributed by atoms with Gasteiger partial charge in [-0.2, -0.15) is 10.5 Å². The fraction of sp³-hybridized carbons (Fsp3) is 0.786. The molecule has 32 heavy (non-hydrogen) atoms. The first kappa shape index (κ1) is 23.1. The first-order valence-corrected chi connectivity index (χ1v) is 12.7. The summed E-state index contributed by atoms with van der Waals surface area (Å²) >= 11 is 0. The molecule has 0 aromatic heterocycles. The van der Waals surface area contributed by atoms with Crippen LogP contribution in [0.25, 0.3) is 0 Å². The van der Waals surface area contributed by atoms with Crippen molar-refractivity contribution in [2.24, 2.45) is 47.3 Å². The number of fused-ring (bicyclic) bond motifs is 1. The highest BCUT2D eigenvalue weighted by Gasteiger charge is 2.40. The SMILES string of the molecule is N#CC1CCC(C#CC2CCC(C#CC3CCC(C#N)C(F)C3)C3CCCCC23)CC1F. The van der Waals surface area contributed by atoms with E-state index >= 15 is 0 Å². The van der Waals surface area contributed by atoms with Crippen molar-refractivity contribution in [2.75, 3.05) is 0 Å². The number of nitrogens with zero attached hydrogens (tertiary/aromatic N) is 2. The molecule has 0 aromatic rings. The van der Waals surface area contributed by atoms with Gasteiger partial charge < -0.3 is 0 Å². The molecule has 0 bridgehead atoms. The first-order valence-electron chi connectivity index (χ1n) is 12.7. The van der Waals surface area contributed by atoms with Crippen molar-refractivity contribution in [3.63, 3.8) is 0 Å². The van der Waals surface area contributed by atoms with E-state index in [1.165, 1.54) is 25.7 Å². The predicted octanol–water partition coefficient (Wildman–Crippen LogP) is 6.38. The lowest BCUT2D eigenvalue weighted by molar-refractivity contribution is 0.101. The second-order valence-corrected chi connectivity index (χ2v) is 10.5. The Morgan fingerprint density at radius 3 is 1.28 bits per heavy atom. The van der Waals surface area contributed by atoms with E-state index in [1.807, 2.05) is 0 Å². The predicted molar refractivity (Wildman–Crippen MR) is 120 cm³/mol. The molecule has 0 radical (unpaired) electrons. The van der Waals surface area contributed by atoms with E-state index in [-0.39, 0.29) is 11.8 Å². The van der Waals surface area contributed by atoms with Crippen LogP contribution in [0.15, 0.2) is 0 Å². The Morgan fingerprint density at radius 2 is 0.906 bits per heavy atom. The van der Waals surface area contributed by atoms with Crippen LogP contribution < -0.4 is 0 Å². The van der Waals surface area contributed by atoms with Gasteiger partial charge in [-0.25, -0.2) is 8.78 Å². The summed E-state index contributed by atoms with van der Waals surface area (Å²) in [5.74, 6) is 15.1. The van der Waals surface area contributed by atoms with Crippen molar-refractivity contribution >= 4 is 0 Å². The summed E-state index contributed by atoms with van der Waals surface area (Å²) in [6, 6.07) is 4.19. The molecule has 0 spiro atoms. The molecule has 4 saturated carbocycles. The summed E-state index contributed by atoms with van der Waals surface area (Å²) < 4.78 is 28.3. The third kappa shape index (κ3) is 5.29. The molecule has 0 saturated heterocycles. The summed E-state index contributed by atoms with van der Waals surface area (Å²) in [6.07, 6.45) is 8.68. The number of nitriles is 2. The number of halogens is 2. The minimum absolute atomic E-state index is 0.0892. The van der Waals surface area contributed by atoms with Gasteiger partial charge in [0.25, 0.3) is 0 Å². The Labute approximate surface area is 192 Å². The maximum atomic E-state index is 14.1. The minimum Gasteiger partial charge on any atom is -0.246 e. The van der Waals surface area contributed by atoms with Crippen LogP contribution in [0.4, 0.5) is 8.78 Å². The van der Waals surface area contributed by atoms with E-state index < -0.39 is 24.2 Å². The highest BCUT2D eigenvalue weighted by atomic mass is 19.1. The van der Waals surface area contributed by atoms with E-state index in [0.717, 1.165) is 25.7 Å². The van der Waals surface area contributed by atoms with Gasteiger partial charge in [-0.05, 0) is 76.0 Å². The van der Waals surface area contributed by atoms with Gasteiger partial charge in [0, 0.05) is 23.7 Å². The van der Waals surface area contributed by atoms with Crippen LogP contribution in [-0.2, 0) is 0 Å². The second kappa shape index (κ2) is 10.7. The molecule has 4 fully saturated rings. The van der Waals surface area contributed by atoms with Gasteiger partial charge >= 0.3 is 0 Å². The lowest BCUT2D eigenvalue weighted by atomic mass is 9.61. The van der Waals surface area contributed by atoms with Crippen LogP contribution in [0, 0.1) is 93.7 Å². The molecule has 0 amide bonds.